The molecule has 0 spiro atoms. The van der Waals surface area contributed by atoms with Crippen molar-refractivity contribution < 1.29 is 14.1 Å². The summed E-state index contributed by atoms with van der Waals surface area (Å²) in [6.07, 6.45) is 0. The number of phenols is 1. The van der Waals surface area contributed by atoms with Crippen molar-refractivity contribution in [1.29, 1.82) is 0 Å². The van der Waals surface area contributed by atoms with Gasteiger partial charge < -0.3 is 0 Å². The molecule has 0 fully saturated rings. The number of hydrogen-bond acceptors (Lipinski definition) is 4. The van der Waals surface area contributed by atoms with E-state index in [4.69, 9.17) is 5.11 Å². The zero-order chi connectivity index (χ0) is 10.7. The molecule has 0 saturated heterocycles. The summed E-state index contributed by atoms with van der Waals surface area (Å²) in [7, 11) is 0. The quantitative estimate of drug-likeness (QED) is 0.470. The molecule has 76 valence electrons. The molecule has 0 aromatic heterocycles. The Labute approximate surface area is 85.8 Å². The van der Waals surface area contributed by atoms with Gasteiger partial charge in [0.1, 0.15) is 0 Å². The maximum atomic E-state index is 10.6. The van der Waals surface area contributed by atoms with Crippen LogP contribution in [-0.4, -0.2) is 29.1 Å². The molecule has 0 aliphatic heterocycles. The van der Waals surface area contributed by atoms with Gasteiger partial charge in [-0.05, 0) is 0 Å². The van der Waals surface area contributed by atoms with Crippen LogP contribution >= 0.6 is 0 Å². The van der Waals surface area contributed by atoms with Crippen LogP contribution in [0, 0.1) is 10.1 Å². The van der Waals surface area contributed by atoms with E-state index >= 15 is 0 Å². The van der Waals surface area contributed by atoms with Gasteiger partial charge in [0.25, 0.3) is 0 Å². The zero-order valence-corrected chi connectivity index (χ0v) is 9.42. The fourth-order valence-electron chi connectivity index (χ4n) is 1.05. The van der Waals surface area contributed by atoms with Crippen molar-refractivity contribution >= 4 is 25.0 Å². The monoisotopic (exact) mass is 259 g/mol. The van der Waals surface area contributed by atoms with Crippen molar-refractivity contribution in [2.24, 2.45) is 0 Å². The van der Waals surface area contributed by atoms with E-state index in [0.717, 1.165) is 6.07 Å². The zero-order valence-electron chi connectivity index (χ0n) is 7.54. The van der Waals surface area contributed by atoms with Crippen LogP contribution in [0.2, 0.25) is 5.21 Å². The number of nitrogens with zero attached hydrogens (tertiary/aromatic N) is 1. The van der Waals surface area contributed by atoms with Crippen LogP contribution in [0.15, 0.2) is 18.2 Å². The van der Waals surface area contributed by atoms with Crippen LogP contribution in [0.5, 0.6) is 5.75 Å². The Morgan fingerprint density at radius 1 is 1.57 bits per heavy atom. The molecule has 0 radical (unpaired) electrons. The third-order valence-electron chi connectivity index (χ3n) is 1.73. The van der Waals surface area contributed by atoms with Gasteiger partial charge >= 0.3 is 85.4 Å². The molecule has 1 rings (SSSR count). The summed E-state index contributed by atoms with van der Waals surface area (Å²) in [5.74, 6) is -0.154. The van der Waals surface area contributed by atoms with Crippen LogP contribution in [0.25, 0.3) is 0 Å². The molecule has 2 N–H and O–H groups in total. The van der Waals surface area contributed by atoms with E-state index in [9.17, 15) is 14.2 Å². The third-order valence-corrected chi connectivity index (χ3v) is 4.95. The number of phenolic OH excluding ortho intramolecular Hbond substituents is 1. The molecule has 0 saturated carbocycles. The molecule has 1 aromatic rings. The van der Waals surface area contributed by atoms with Crippen LogP contribution in [0.1, 0.15) is 6.92 Å². The first-order valence-electron chi connectivity index (χ1n) is 4.00. The van der Waals surface area contributed by atoms with Crippen molar-refractivity contribution in [2.75, 3.05) is 0 Å². The summed E-state index contributed by atoms with van der Waals surface area (Å²) in [5.41, 5.74) is -0.186. The predicted octanol–water partition coefficient (Wildman–Crippen LogP) is 0.511. The molecular formula is C8H10AsNO4. The van der Waals surface area contributed by atoms with Gasteiger partial charge in [-0.1, -0.05) is 0 Å². The summed E-state index contributed by atoms with van der Waals surface area (Å²) < 4.78 is 9.99. The number of aromatic hydroxyl groups is 1. The molecule has 6 heteroatoms. The third kappa shape index (κ3) is 2.24. The van der Waals surface area contributed by atoms with E-state index in [1.807, 2.05) is 0 Å². The number of nitro benzene ring substituents is 1. The van der Waals surface area contributed by atoms with Gasteiger partial charge in [0.2, 0.25) is 0 Å². The summed E-state index contributed by atoms with van der Waals surface area (Å²) >= 11 is -2.28. The molecule has 0 heterocycles. The predicted molar refractivity (Wildman–Crippen MR) is 52.8 cm³/mol. The second kappa shape index (κ2) is 4.44. The van der Waals surface area contributed by atoms with E-state index in [1.54, 1.807) is 6.92 Å². The number of nitro groups is 1. The minimum absolute atomic E-state index is 0.154. The van der Waals surface area contributed by atoms with Gasteiger partial charge in [-0.15, -0.1) is 0 Å². The van der Waals surface area contributed by atoms with Crippen LogP contribution in [0.4, 0.5) is 5.69 Å². The molecule has 1 aromatic carbocycles. The number of hydrogen-bond donors (Lipinski definition) is 2. The average Bonchev–Trinajstić information content (AvgIpc) is 2.16. The van der Waals surface area contributed by atoms with E-state index in [0.29, 0.717) is 9.56 Å². The molecule has 0 bridgehead atoms. The Kier molecular flexibility index (Phi) is 3.49. The molecule has 0 aliphatic carbocycles. The second-order valence-corrected chi connectivity index (χ2v) is 6.66. The first-order valence-corrected chi connectivity index (χ1v) is 7.10. The minimum atomic E-state index is -2.28. The Morgan fingerprint density at radius 3 is 2.71 bits per heavy atom. The van der Waals surface area contributed by atoms with Gasteiger partial charge in [0, 0.05) is 0 Å². The van der Waals surface area contributed by atoms with Crippen LogP contribution in [0.3, 0.4) is 0 Å². The fraction of sp³-hybridized carbons (Fsp3) is 0.250. The average molecular weight is 259 g/mol. The number of benzene rings is 1. The van der Waals surface area contributed by atoms with E-state index in [1.165, 1.54) is 12.1 Å². The van der Waals surface area contributed by atoms with Crippen molar-refractivity contribution in [3.63, 3.8) is 0 Å². The maximum absolute atomic E-state index is 10.6. The summed E-state index contributed by atoms with van der Waals surface area (Å²) in [6, 6.07) is 3.86. The van der Waals surface area contributed by atoms with Gasteiger partial charge in [0.15, 0.2) is 0 Å². The number of rotatable bonds is 3. The first-order chi connectivity index (χ1) is 6.56. The molecule has 5 nitrogen and oxygen atoms in total. The van der Waals surface area contributed by atoms with Gasteiger partial charge in [-0.25, -0.2) is 0 Å². The molecule has 0 aliphatic rings. The van der Waals surface area contributed by atoms with E-state index < -0.39 is 19.9 Å². The summed E-state index contributed by atoms with van der Waals surface area (Å²) in [6.45, 7) is 1.79. The van der Waals surface area contributed by atoms with Crippen molar-refractivity contribution in [3.8, 4) is 5.75 Å². The van der Waals surface area contributed by atoms with Gasteiger partial charge in [0.05, 0.1) is 0 Å². The Morgan fingerprint density at radius 2 is 2.21 bits per heavy atom. The first kappa shape index (κ1) is 11.0. The van der Waals surface area contributed by atoms with Gasteiger partial charge in [-0.3, -0.25) is 0 Å². The van der Waals surface area contributed by atoms with E-state index in [2.05, 4.69) is 0 Å². The normalized spacial score (nSPS) is 12.4. The standard InChI is InChI=1S/C8H10AsNO4/c1-2-9(12)7-4-3-6(11)5-8(7)10(13)14/h3-5,11-12H,2H2,1H3. The summed E-state index contributed by atoms with van der Waals surface area (Å²) in [5, 5.41) is 20.2. The van der Waals surface area contributed by atoms with Crippen molar-refractivity contribution in [3.05, 3.63) is 28.3 Å². The van der Waals surface area contributed by atoms with Crippen LogP contribution in [-0.2, 0) is 0 Å². The van der Waals surface area contributed by atoms with Crippen molar-refractivity contribution in [2.45, 2.75) is 12.1 Å². The molecule has 1 atom stereocenters. The van der Waals surface area contributed by atoms with E-state index in [-0.39, 0.29) is 11.4 Å². The van der Waals surface area contributed by atoms with Gasteiger partial charge in [-0.2, -0.15) is 0 Å². The SMILES string of the molecule is CC[As](O)c1ccc(O)cc1[N+](=O)[O-]. The Hall–Kier alpha value is -1.06. The fourth-order valence-corrected chi connectivity index (χ4v) is 3.14. The molecule has 1 unspecified atom stereocenters. The summed E-state index contributed by atoms with van der Waals surface area (Å²) in [4.78, 5) is 10.0. The van der Waals surface area contributed by atoms with Crippen molar-refractivity contribution in [1.82, 2.24) is 0 Å². The molecule has 14 heavy (non-hydrogen) atoms. The Bertz CT molecular complexity index is 355. The molecule has 0 amide bonds. The Balaban J connectivity index is 3.21. The topological polar surface area (TPSA) is 83.6 Å². The molecular weight excluding hydrogens is 249 g/mol. The second-order valence-electron chi connectivity index (χ2n) is 2.65. The van der Waals surface area contributed by atoms with Crippen LogP contribution < -0.4 is 4.35 Å².